The molecule has 0 aliphatic carbocycles. The molecule has 10 heteroatoms. The van der Waals surface area contributed by atoms with Crippen LogP contribution < -0.4 is 5.32 Å². The van der Waals surface area contributed by atoms with Crippen molar-refractivity contribution in [1.82, 2.24) is 10.2 Å². The number of esters is 1. The van der Waals surface area contributed by atoms with Crippen molar-refractivity contribution >= 4 is 12.1 Å². The van der Waals surface area contributed by atoms with E-state index in [4.69, 9.17) is 14.2 Å². The molecule has 1 amide bonds. The fourth-order valence-electron chi connectivity index (χ4n) is 4.84. The first-order chi connectivity index (χ1) is 17.2. The van der Waals surface area contributed by atoms with Gasteiger partial charge in [-0.3, -0.25) is 4.90 Å². The number of nitrogens with zero attached hydrogens (tertiary/aromatic N) is 1. The number of ether oxygens (including phenoxy) is 3. The van der Waals surface area contributed by atoms with E-state index in [1.54, 1.807) is 6.07 Å². The van der Waals surface area contributed by atoms with Crippen LogP contribution in [0.1, 0.15) is 30.4 Å². The van der Waals surface area contributed by atoms with Crippen LogP contribution in [-0.2, 0) is 31.2 Å². The number of carbonyl (C=O) groups is 2. The quantitative estimate of drug-likeness (QED) is 0.569. The summed E-state index contributed by atoms with van der Waals surface area (Å²) in [7, 11) is 0.835. The van der Waals surface area contributed by atoms with Gasteiger partial charge in [-0.25, -0.2) is 9.59 Å². The van der Waals surface area contributed by atoms with Crippen molar-refractivity contribution in [3.8, 4) is 0 Å². The molecule has 0 bridgehead atoms. The predicted molar refractivity (Wildman–Crippen MR) is 124 cm³/mol. The normalized spacial score (nSPS) is 21.1. The van der Waals surface area contributed by atoms with Crippen LogP contribution in [0.15, 0.2) is 60.7 Å². The molecule has 7 nitrogen and oxygen atoms in total. The first kappa shape index (κ1) is 26.0. The number of amides is 1. The number of halogens is 3. The highest BCUT2D eigenvalue weighted by molar-refractivity contribution is 5.83. The fourth-order valence-corrected chi connectivity index (χ4v) is 4.84. The number of likely N-dealkylation sites (tertiary alicyclic amines) is 1. The maximum absolute atomic E-state index is 14.4. The average molecular weight is 507 g/mol. The van der Waals surface area contributed by atoms with Crippen molar-refractivity contribution in [3.05, 3.63) is 71.8 Å². The van der Waals surface area contributed by atoms with Gasteiger partial charge >= 0.3 is 18.2 Å². The molecular formula is C26H29F3N2O5. The summed E-state index contributed by atoms with van der Waals surface area (Å²) < 4.78 is 59.1. The number of piperidine rings is 1. The maximum atomic E-state index is 14.4. The van der Waals surface area contributed by atoms with Gasteiger partial charge in [-0.15, -0.1) is 0 Å². The van der Waals surface area contributed by atoms with E-state index in [0.717, 1.165) is 25.5 Å². The summed E-state index contributed by atoms with van der Waals surface area (Å²) in [6, 6.07) is 15.4. The second-order valence-corrected chi connectivity index (χ2v) is 9.10. The first-order valence-corrected chi connectivity index (χ1v) is 11.8. The SMILES string of the molecule is CO[C@@](C(=O)OC1([C@@H]2CCCCN2)CN(C(=O)OCc2ccccc2)C1)(c1ccccc1)C(F)(F)F. The molecule has 2 aliphatic rings. The van der Waals surface area contributed by atoms with Crippen LogP contribution >= 0.6 is 0 Å². The minimum Gasteiger partial charge on any atom is -0.451 e. The number of nitrogens with one attached hydrogen (secondary N) is 1. The minimum absolute atomic E-state index is 0.0551. The number of hydrogen-bond donors (Lipinski definition) is 1. The highest BCUT2D eigenvalue weighted by atomic mass is 19.4. The van der Waals surface area contributed by atoms with E-state index < -0.39 is 35.5 Å². The van der Waals surface area contributed by atoms with Gasteiger partial charge in [0.2, 0.25) is 0 Å². The minimum atomic E-state index is -5.08. The van der Waals surface area contributed by atoms with Crippen LogP contribution in [0.2, 0.25) is 0 Å². The van der Waals surface area contributed by atoms with Crippen molar-refractivity contribution in [1.29, 1.82) is 0 Å². The zero-order valence-electron chi connectivity index (χ0n) is 19.9. The zero-order valence-corrected chi connectivity index (χ0v) is 19.9. The summed E-state index contributed by atoms with van der Waals surface area (Å²) in [6.45, 7) is 0.516. The molecule has 0 spiro atoms. The standard InChI is InChI=1S/C26H29F3N2O5/c1-34-25(26(27,28)29,20-12-6-3-7-13-20)22(32)36-24(21-14-8-9-15-30-21)17-31(18-24)23(33)35-16-19-10-4-2-5-11-19/h2-7,10-13,21,30H,8-9,14-18H2,1H3/t21-,25+/m0/s1. The zero-order chi connectivity index (χ0) is 25.8. The van der Waals surface area contributed by atoms with Crippen LogP contribution in [0.3, 0.4) is 0 Å². The summed E-state index contributed by atoms with van der Waals surface area (Å²) in [5.41, 5.74) is -4.22. The van der Waals surface area contributed by atoms with Crippen LogP contribution in [-0.4, -0.2) is 61.5 Å². The average Bonchev–Trinajstić information content (AvgIpc) is 2.86. The summed E-state index contributed by atoms with van der Waals surface area (Å²) in [5.74, 6) is -1.56. The number of benzene rings is 2. The maximum Gasteiger partial charge on any atom is 0.432 e. The van der Waals surface area contributed by atoms with Gasteiger partial charge in [-0.05, 0) is 24.9 Å². The molecule has 2 fully saturated rings. The van der Waals surface area contributed by atoms with E-state index in [9.17, 15) is 22.8 Å². The van der Waals surface area contributed by atoms with Gasteiger partial charge in [0.1, 0.15) is 6.61 Å². The Balaban J connectivity index is 1.54. The molecular weight excluding hydrogens is 477 g/mol. The molecule has 2 atom stereocenters. The Morgan fingerprint density at radius 1 is 1.03 bits per heavy atom. The Kier molecular flexibility index (Phi) is 7.56. The van der Waals surface area contributed by atoms with Gasteiger partial charge in [0, 0.05) is 12.7 Å². The summed E-state index contributed by atoms with van der Waals surface area (Å²) in [5, 5.41) is 3.25. The van der Waals surface area contributed by atoms with Gasteiger partial charge in [-0.1, -0.05) is 67.1 Å². The number of alkyl halides is 3. The lowest BCUT2D eigenvalue weighted by molar-refractivity contribution is -0.286. The van der Waals surface area contributed by atoms with Crippen LogP contribution in [0.25, 0.3) is 0 Å². The summed E-state index contributed by atoms with van der Waals surface area (Å²) in [6.07, 6.45) is -3.39. The Morgan fingerprint density at radius 2 is 1.67 bits per heavy atom. The first-order valence-electron chi connectivity index (χ1n) is 11.8. The third kappa shape index (κ3) is 4.92. The Hall–Kier alpha value is -3.11. The highest BCUT2D eigenvalue weighted by Crippen LogP contribution is 2.45. The second-order valence-electron chi connectivity index (χ2n) is 9.10. The number of methoxy groups -OCH3 is 1. The molecule has 194 valence electrons. The van der Waals surface area contributed by atoms with Gasteiger partial charge in [-0.2, -0.15) is 13.2 Å². The van der Waals surface area contributed by atoms with Gasteiger partial charge in [0.25, 0.3) is 5.60 Å². The third-order valence-electron chi connectivity index (χ3n) is 6.79. The largest absolute Gasteiger partial charge is 0.451 e. The number of rotatable bonds is 7. The van der Waals surface area contributed by atoms with E-state index >= 15 is 0 Å². The van der Waals surface area contributed by atoms with Gasteiger partial charge in [0.05, 0.1) is 19.1 Å². The van der Waals surface area contributed by atoms with E-state index in [1.807, 2.05) is 30.3 Å². The molecule has 2 saturated heterocycles. The van der Waals surface area contributed by atoms with Crippen molar-refractivity contribution in [2.45, 2.75) is 49.3 Å². The molecule has 2 aromatic rings. The Bertz CT molecular complexity index is 1040. The molecule has 36 heavy (non-hydrogen) atoms. The van der Waals surface area contributed by atoms with Crippen molar-refractivity contribution < 1.29 is 37.0 Å². The van der Waals surface area contributed by atoms with E-state index in [-0.39, 0.29) is 25.3 Å². The van der Waals surface area contributed by atoms with E-state index in [2.05, 4.69) is 5.32 Å². The summed E-state index contributed by atoms with van der Waals surface area (Å²) in [4.78, 5) is 27.3. The molecule has 0 aromatic heterocycles. The highest BCUT2D eigenvalue weighted by Gasteiger charge is 2.66. The lowest BCUT2D eigenvalue weighted by Crippen LogP contribution is -2.74. The number of hydrogen-bond acceptors (Lipinski definition) is 6. The molecule has 0 saturated carbocycles. The smallest absolute Gasteiger partial charge is 0.432 e. The molecule has 1 N–H and O–H groups in total. The van der Waals surface area contributed by atoms with Crippen LogP contribution in [0.5, 0.6) is 0 Å². The summed E-state index contributed by atoms with van der Waals surface area (Å²) >= 11 is 0. The number of carbonyl (C=O) groups excluding carboxylic acids is 2. The van der Waals surface area contributed by atoms with Crippen LogP contribution in [0.4, 0.5) is 18.0 Å². The van der Waals surface area contributed by atoms with Crippen molar-refractivity contribution in [2.75, 3.05) is 26.7 Å². The third-order valence-corrected chi connectivity index (χ3v) is 6.79. The fraction of sp³-hybridized carbons (Fsp3) is 0.462. The lowest BCUT2D eigenvalue weighted by Gasteiger charge is -2.54. The topological polar surface area (TPSA) is 77.1 Å². The Labute approximate surface area is 207 Å². The van der Waals surface area contributed by atoms with E-state index in [0.29, 0.717) is 13.0 Å². The van der Waals surface area contributed by atoms with Gasteiger partial charge in [0.15, 0.2) is 5.60 Å². The van der Waals surface area contributed by atoms with Crippen molar-refractivity contribution in [2.24, 2.45) is 0 Å². The lowest BCUT2D eigenvalue weighted by atomic mass is 9.81. The molecule has 2 aromatic carbocycles. The second kappa shape index (κ2) is 10.5. The van der Waals surface area contributed by atoms with Gasteiger partial charge < -0.3 is 19.5 Å². The molecule has 0 radical (unpaired) electrons. The monoisotopic (exact) mass is 506 g/mol. The Morgan fingerprint density at radius 3 is 2.22 bits per heavy atom. The molecule has 4 rings (SSSR count). The molecule has 2 aliphatic heterocycles. The molecule has 2 heterocycles. The van der Waals surface area contributed by atoms with Crippen molar-refractivity contribution in [3.63, 3.8) is 0 Å². The van der Waals surface area contributed by atoms with Crippen LogP contribution in [0, 0.1) is 0 Å². The predicted octanol–water partition coefficient (Wildman–Crippen LogP) is 4.17. The molecule has 0 unspecified atom stereocenters. The van der Waals surface area contributed by atoms with E-state index in [1.165, 1.54) is 29.2 Å².